The molecule has 0 bridgehead atoms. The maximum Gasteiger partial charge on any atom is 0.191 e. The van der Waals surface area contributed by atoms with Crippen molar-refractivity contribution in [3.05, 3.63) is 17.7 Å². The Kier molecular flexibility index (Phi) is 12.3. The lowest BCUT2D eigenvalue weighted by Crippen LogP contribution is -2.52. The molecule has 0 aromatic heterocycles. The van der Waals surface area contributed by atoms with Gasteiger partial charge in [-0.05, 0) is 19.9 Å². The predicted octanol–water partition coefficient (Wildman–Crippen LogP) is 1.47. The van der Waals surface area contributed by atoms with Gasteiger partial charge < -0.3 is 34.7 Å². The average molecular weight is 552 g/mol. The normalized spacial score (nSPS) is 16.6. The molecule has 0 radical (unpaired) electrons. The van der Waals surface area contributed by atoms with E-state index >= 15 is 0 Å². The fourth-order valence-corrected chi connectivity index (χ4v) is 3.29. The number of nitrogens with zero attached hydrogens (tertiary/aromatic N) is 2. The molecule has 0 saturated carbocycles. The highest BCUT2D eigenvalue weighted by molar-refractivity contribution is 14.0. The Labute approximate surface area is 202 Å². The standard InChI is InChI=1S/C21H36N4O5.HI/c1-6-22-20(24-14-21(2,26)15-25-7-9-30-10-8-25)23-13-16-11-18(28-4)19(29-5)12-17(16)27-3;/h11-12,26H,6-10,13-15H2,1-5H3,(H2,22,23,24);1H. The van der Waals surface area contributed by atoms with Crippen LogP contribution in [-0.2, 0) is 11.3 Å². The molecule has 1 aliphatic heterocycles. The Morgan fingerprint density at radius 3 is 2.29 bits per heavy atom. The topological polar surface area (TPSA) is 96.8 Å². The molecule has 1 saturated heterocycles. The summed E-state index contributed by atoms with van der Waals surface area (Å²) in [5.41, 5.74) is -0.0263. The molecule has 2 rings (SSSR count). The summed E-state index contributed by atoms with van der Waals surface area (Å²) in [5, 5.41) is 17.3. The van der Waals surface area contributed by atoms with E-state index in [0.29, 0.717) is 62.6 Å². The van der Waals surface area contributed by atoms with Crippen LogP contribution in [0.25, 0.3) is 0 Å². The van der Waals surface area contributed by atoms with Crippen LogP contribution in [-0.4, -0.2) is 88.8 Å². The molecule has 9 nitrogen and oxygen atoms in total. The van der Waals surface area contributed by atoms with Crippen molar-refractivity contribution in [2.45, 2.75) is 26.0 Å². The highest BCUT2D eigenvalue weighted by atomic mass is 127. The third-order valence-corrected chi connectivity index (χ3v) is 4.84. The molecule has 1 aromatic carbocycles. The van der Waals surface area contributed by atoms with Gasteiger partial charge in [-0.25, -0.2) is 4.99 Å². The van der Waals surface area contributed by atoms with Crippen molar-refractivity contribution >= 4 is 29.9 Å². The smallest absolute Gasteiger partial charge is 0.191 e. The van der Waals surface area contributed by atoms with Gasteiger partial charge in [0.25, 0.3) is 0 Å². The van der Waals surface area contributed by atoms with Crippen LogP contribution in [0.2, 0.25) is 0 Å². The lowest BCUT2D eigenvalue weighted by atomic mass is 10.1. The fraction of sp³-hybridized carbons (Fsp3) is 0.667. The molecule has 0 aliphatic carbocycles. The van der Waals surface area contributed by atoms with E-state index in [2.05, 4.69) is 20.5 Å². The Morgan fingerprint density at radius 1 is 1.10 bits per heavy atom. The molecule has 0 amide bonds. The molecule has 1 aliphatic rings. The van der Waals surface area contributed by atoms with Gasteiger partial charge in [0, 0.05) is 44.4 Å². The van der Waals surface area contributed by atoms with E-state index in [1.54, 1.807) is 27.4 Å². The van der Waals surface area contributed by atoms with Crippen molar-refractivity contribution < 1.29 is 24.1 Å². The number of benzene rings is 1. The summed E-state index contributed by atoms with van der Waals surface area (Å²) in [6.07, 6.45) is 0. The largest absolute Gasteiger partial charge is 0.496 e. The van der Waals surface area contributed by atoms with E-state index in [1.807, 2.05) is 19.9 Å². The van der Waals surface area contributed by atoms with Crippen molar-refractivity contribution in [3.8, 4) is 17.2 Å². The minimum atomic E-state index is -0.894. The third-order valence-electron chi connectivity index (χ3n) is 4.84. The van der Waals surface area contributed by atoms with Gasteiger partial charge in [-0.2, -0.15) is 0 Å². The number of β-amino-alcohol motifs (C(OH)–C–C–N with tert-alkyl or cyclic N) is 1. The van der Waals surface area contributed by atoms with Gasteiger partial charge in [-0.1, -0.05) is 0 Å². The second kappa shape index (κ2) is 13.8. The van der Waals surface area contributed by atoms with Crippen molar-refractivity contribution in [1.29, 1.82) is 0 Å². The SMILES string of the molecule is CCNC(=NCc1cc(OC)c(OC)cc1OC)NCC(C)(O)CN1CCOCC1.I. The Balaban J connectivity index is 0.00000480. The van der Waals surface area contributed by atoms with Gasteiger partial charge in [-0.15, -0.1) is 24.0 Å². The third kappa shape index (κ3) is 8.87. The molecule has 1 unspecified atom stereocenters. The minimum absolute atomic E-state index is 0. The van der Waals surface area contributed by atoms with E-state index in [9.17, 15) is 5.11 Å². The van der Waals surface area contributed by atoms with E-state index in [4.69, 9.17) is 18.9 Å². The van der Waals surface area contributed by atoms with Crippen molar-refractivity contribution in [2.24, 2.45) is 4.99 Å². The lowest BCUT2D eigenvalue weighted by molar-refractivity contribution is -0.0201. The second-order valence-corrected chi connectivity index (χ2v) is 7.45. The zero-order valence-electron chi connectivity index (χ0n) is 19.2. The van der Waals surface area contributed by atoms with Gasteiger partial charge in [-0.3, -0.25) is 4.90 Å². The first-order valence-corrected chi connectivity index (χ1v) is 10.3. The van der Waals surface area contributed by atoms with Gasteiger partial charge in [0.15, 0.2) is 17.5 Å². The van der Waals surface area contributed by atoms with Crippen LogP contribution in [0.15, 0.2) is 17.1 Å². The van der Waals surface area contributed by atoms with Crippen LogP contribution in [0.3, 0.4) is 0 Å². The summed E-state index contributed by atoms with van der Waals surface area (Å²) in [6, 6.07) is 3.65. The Bertz CT molecular complexity index is 697. The predicted molar refractivity (Wildman–Crippen MR) is 132 cm³/mol. The first-order valence-electron chi connectivity index (χ1n) is 10.3. The Morgan fingerprint density at radius 2 is 1.71 bits per heavy atom. The zero-order valence-corrected chi connectivity index (χ0v) is 21.5. The van der Waals surface area contributed by atoms with Gasteiger partial charge >= 0.3 is 0 Å². The van der Waals surface area contributed by atoms with E-state index in [1.165, 1.54) is 0 Å². The molecule has 1 atom stereocenters. The van der Waals surface area contributed by atoms with E-state index in [0.717, 1.165) is 18.7 Å². The van der Waals surface area contributed by atoms with Gasteiger partial charge in [0.2, 0.25) is 0 Å². The first-order chi connectivity index (χ1) is 14.4. The molecule has 1 heterocycles. The number of nitrogens with one attached hydrogen (secondary N) is 2. The molecular weight excluding hydrogens is 515 g/mol. The summed E-state index contributed by atoms with van der Waals surface area (Å²) in [7, 11) is 4.80. The monoisotopic (exact) mass is 552 g/mol. The van der Waals surface area contributed by atoms with E-state index in [-0.39, 0.29) is 24.0 Å². The Hall–Kier alpha value is -1.50. The summed E-state index contributed by atoms with van der Waals surface area (Å²) >= 11 is 0. The van der Waals surface area contributed by atoms with Crippen LogP contribution < -0.4 is 24.8 Å². The summed E-state index contributed by atoms with van der Waals surface area (Å²) in [4.78, 5) is 6.86. The summed E-state index contributed by atoms with van der Waals surface area (Å²) in [5.74, 6) is 2.52. The van der Waals surface area contributed by atoms with Crippen molar-refractivity contribution in [3.63, 3.8) is 0 Å². The number of morpholine rings is 1. The summed E-state index contributed by atoms with van der Waals surface area (Å²) in [6.45, 7) is 8.96. The number of hydrogen-bond donors (Lipinski definition) is 3. The lowest BCUT2D eigenvalue weighted by Gasteiger charge is -2.34. The molecular formula is C21H37IN4O5. The number of halogens is 1. The molecule has 31 heavy (non-hydrogen) atoms. The molecule has 1 aromatic rings. The molecule has 10 heteroatoms. The molecule has 1 fully saturated rings. The number of hydrogen-bond acceptors (Lipinski definition) is 7. The molecule has 3 N–H and O–H groups in total. The van der Waals surface area contributed by atoms with Crippen LogP contribution >= 0.6 is 24.0 Å². The molecule has 0 spiro atoms. The average Bonchev–Trinajstić information content (AvgIpc) is 2.75. The van der Waals surface area contributed by atoms with Crippen molar-refractivity contribution in [2.75, 3.05) is 67.3 Å². The number of methoxy groups -OCH3 is 3. The number of aliphatic imine (C=N–C) groups is 1. The van der Waals surface area contributed by atoms with Crippen molar-refractivity contribution in [1.82, 2.24) is 15.5 Å². The quantitative estimate of drug-likeness (QED) is 0.228. The number of rotatable bonds is 10. The second-order valence-electron chi connectivity index (χ2n) is 7.45. The molecule has 178 valence electrons. The highest BCUT2D eigenvalue weighted by Gasteiger charge is 2.25. The number of aliphatic hydroxyl groups is 1. The minimum Gasteiger partial charge on any atom is -0.496 e. The van der Waals surface area contributed by atoms with Crippen LogP contribution in [0.1, 0.15) is 19.4 Å². The van der Waals surface area contributed by atoms with Crippen LogP contribution in [0.5, 0.6) is 17.2 Å². The maximum absolute atomic E-state index is 10.8. The van der Waals surface area contributed by atoms with Gasteiger partial charge in [0.1, 0.15) is 5.75 Å². The fourth-order valence-electron chi connectivity index (χ4n) is 3.29. The summed E-state index contributed by atoms with van der Waals surface area (Å²) < 4.78 is 21.6. The van der Waals surface area contributed by atoms with Crippen LogP contribution in [0.4, 0.5) is 0 Å². The first kappa shape index (κ1) is 27.5. The van der Waals surface area contributed by atoms with E-state index < -0.39 is 5.60 Å². The highest BCUT2D eigenvalue weighted by Crippen LogP contribution is 2.34. The zero-order chi connectivity index (χ0) is 22.0. The van der Waals surface area contributed by atoms with Crippen LogP contribution in [0, 0.1) is 0 Å². The van der Waals surface area contributed by atoms with Gasteiger partial charge in [0.05, 0.1) is 46.7 Å². The maximum atomic E-state index is 10.8. The number of ether oxygens (including phenoxy) is 4. The number of guanidine groups is 1.